The van der Waals surface area contributed by atoms with Gasteiger partial charge in [-0.3, -0.25) is 14.6 Å². The SMILES string of the molecule is CCN=NN(C)c1cc(C(=O)Nc2cc(C(C)(C)C)cc(C(N)=O)c2OC)ccc1C. The van der Waals surface area contributed by atoms with Crippen LogP contribution < -0.4 is 20.8 Å². The molecule has 2 amide bonds. The van der Waals surface area contributed by atoms with E-state index in [4.69, 9.17) is 10.5 Å². The van der Waals surface area contributed by atoms with Crippen LogP contribution in [0.2, 0.25) is 0 Å². The Hall–Kier alpha value is -3.42. The minimum absolute atomic E-state index is 0.217. The number of amides is 2. The molecular weight excluding hydrogens is 394 g/mol. The Morgan fingerprint density at radius 2 is 1.87 bits per heavy atom. The van der Waals surface area contributed by atoms with Crippen molar-refractivity contribution >= 4 is 23.2 Å². The van der Waals surface area contributed by atoms with Crippen molar-refractivity contribution in [3.05, 3.63) is 52.6 Å². The second-order valence-corrected chi connectivity index (χ2v) is 8.24. The molecule has 2 rings (SSSR count). The topological polar surface area (TPSA) is 109 Å². The number of carbonyl (C=O) groups excluding carboxylic acids is 2. The molecule has 0 aliphatic heterocycles. The Morgan fingerprint density at radius 1 is 1.19 bits per heavy atom. The lowest BCUT2D eigenvalue weighted by Gasteiger charge is -2.23. The van der Waals surface area contributed by atoms with Crippen LogP contribution in [-0.2, 0) is 5.41 Å². The average Bonchev–Trinajstić information content (AvgIpc) is 2.70. The fourth-order valence-electron chi connectivity index (χ4n) is 3.06. The number of nitrogens with zero attached hydrogens (tertiary/aromatic N) is 3. The third kappa shape index (κ3) is 5.59. The van der Waals surface area contributed by atoms with Crippen LogP contribution in [0.5, 0.6) is 5.75 Å². The van der Waals surface area contributed by atoms with Gasteiger partial charge in [-0.05, 0) is 54.7 Å². The van der Waals surface area contributed by atoms with Crippen molar-refractivity contribution in [3.63, 3.8) is 0 Å². The number of nitrogens with two attached hydrogens (primary N) is 1. The predicted molar refractivity (Wildman–Crippen MR) is 123 cm³/mol. The molecule has 0 spiro atoms. The molecule has 31 heavy (non-hydrogen) atoms. The maximum Gasteiger partial charge on any atom is 0.255 e. The molecule has 0 heterocycles. The number of benzene rings is 2. The van der Waals surface area contributed by atoms with Crippen LogP contribution in [0.1, 0.15) is 59.5 Å². The highest BCUT2D eigenvalue weighted by atomic mass is 16.5. The van der Waals surface area contributed by atoms with E-state index in [0.29, 0.717) is 17.8 Å². The lowest BCUT2D eigenvalue weighted by atomic mass is 9.85. The number of rotatable bonds is 7. The van der Waals surface area contributed by atoms with Gasteiger partial charge in [0.25, 0.3) is 11.8 Å². The summed E-state index contributed by atoms with van der Waals surface area (Å²) in [6.07, 6.45) is 0. The smallest absolute Gasteiger partial charge is 0.255 e. The minimum Gasteiger partial charge on any atom is -0.494 e. The van der Waals surface area contributed by atoms with Crippen LogP contribution in [0.25, 0.3) is 0 Å². The number of primary amides is 1. The molecule has 0 unspecified atom stereocenters. The molecule has 0 saturated carbocycles. The average molecular weight is 426 g/mol. The first-order chi connectivity index (χ1) is 14.5. The number of aryl methyl sites for hydroxylation is 1. The van der Waals surface area contributed by atoms with Gasteiger partial charge in [-0.25, -0.2) is 0 Å². The zero-order valence-corrected chi connectivity index (χ0v) is 19.2. The minimum atomic E-state index is -0.626. The molecule has 0 aromatic heterocycles. The number of nitrogens with one attached hydrogen (secondary N) is 1. The number of hydrogen-bond donors (Lipinski definition) is 2. The van der Waals surface area contributed by atoms with Crippen molar-refractivity contribution in [2.45, 2.75) is 40.0 Å². The predicted octanol–water partition coefficient (Wildman–Crippen LogP) is 4.48. The van der Waals surface area contributed by atoms with E-state index < -0.39 is 5.91 Å². The Kier molecular flexibility index (Phi) is 7.38. The molecular formula is C23H31N5O3. The zero-order valence-electron chi connectivity index (χ0n) is 19.2. The Balaban J connectivity index is 2.49. The standard InChI is InChI=1S/C23H31N5O3/c1-8-25-27-28(6)19-11-15(10-9-14(19)2)22(30)26-18-13-16(23(3,4)5)12-17(21(24)29)20(18)31-7/h9-13H,8H2,1-7H3,(H2,24,29)(H,26,30). The summed E-state index contributed by atoms with van der Waals surface area (Å²) in [5, 5.41) is 12.6. The first-order valence-electron chi connectivity index (χ1n) is 10.0. The second-order valence-electron chi connectivity index (χ2n) is 8.24. The summed E-state index contributed by atoms with van der Waals surface area (Å²) in [7, 11) is 3.21. The highest BCUT2D eigenvalue weighted by molar-refractivity contribution is 6.07. The van der Waals surface area contributed by atoms with Crippen LogP contribution in [0.15, 0.2) is 40.7 Å². The normalized spacial score (nSPS) is 11.5. The van der Waals surface area contributed by atoms with Gasteiger partial charge >= 0.3 is 0 Å². The lowest BCUT2D eigenvalue weighted by molar-refractivity contribution is 0.0992. The second kappa shape index (κ2) is 9.59. The van der Waals surface area contributed by atoms with Gasteiger partial charge in [-0.15, -0.1) is 0 Å². The molecule has 8 nitrogen and oxygen atoms in total. The van der Waals surface area contributed by atoms with Gasteiger partial charge < -0.3 is 15.8 Å². The third-order valence-electron chi connectivity index (χ3n) is 4.83. The quantitative estimate of drug-likeness (QED) is 0.503. The summed E-state index contributed by atoms with van der Waals surface area (Å²) >= 11 is 0. The number of carbonyl (C=O) groups is 2. The van der Waals surface area contributed by atoms with Gasteiger partial charge in [0.15, 0.2) is 5.75 Å². The summed E-state index contributed by atoms with van der Waals surface area (Å²) in [5.41, 5.74) is 8.90. The van der Waals surface area contributed by atoms with Crippen LogP contribution in [0.4, 0.5) is 11.4 Å². The lowest BCUT2D eigenvalue weighted by Crippen LogP contribution is -2.20. The summed E-state index contributed by atoms with van der Waals surface area (Å²) in [6.45, 7) is 10.4. The molecule has 2 aromatic rings. The summed E-state index contributed by atoms with van der Waals surface area (Å²) in [6, 6.07) is 8.83. The molecule has 0 radical (unpaired) electrons. The van der Waals surface area contributed by atoms with Crippen LogP contribution in [-0.4, -0.2) is 32.5 Å². The van der Waals surface area contributed by atoms with E-state index in [1.165, 1.54) is 7.11 Å². The maximum atomic E-state index is 13.1. The Morgan fingerprint density at radius 3 is 2.42 bits per heavy atom. The molecule has 0 fully saturated rings. The van der Waals surface area contributed by atoms with E-state index in [2.05, 4.69) is 15.7 Å². The first kappa shape index (κ1) is 23.9. The van der Waals surface area contributed by atoms with Gasteiger partial charge in [-0.1, -0.05) is 32.1 Å². The first-order valence-corrected chi connectivity index (χ1v) is 10.0. The van der Waals surface area contributed by atoms with E-state index in [9.17, 15) is 9.59 Å². The van der Waals surface area contributed by atoms with Crippen molar-refractivity contribution in [1.29, 1.82) is 0 Å². The van der Waals surface area contributed by atoms with Crippen LogP contribution >= 0.6 is 0 Å². The molecule has 0 aliphatic rings. The van der Waals surface area contributed by atoms with Crippen LogP contribution in [0.3, 0.4) is 0 Å². The molecule has 166 valence electrons. The fraction of sp³-hybridized carbons (Fsp3) is 0.391. The molecule has 2 aromatic carbocycles. The van der Waals surface area contributed by atoms with Crippen molar-refractivity contribution in [3.8, 4) is 5.75 Å². The van der Waals surface area contributed by atoms with Gasteiger partial charge in [-0.2, -0.15) is 5.11 Å². The summed E-state index contributed by atoms with van der Waals surface area (Å²) in [5.74, 6) is -0.740. The number of anilines is 2. The third-order valence-corrected chi connectivity index (χ3v) is 4.83. The molecule has 0 atom stereocenters. The van der Waals surface area contributed by atoms with Crippen molar-refractivity contribution < 1.29 is 14.3 Å². The van der Waals surface area contributed by atoms with Gasteiger partial charge in [0.1, 0.15) is 0 Å². The van der Waals surface area contributed by atoms with Gasteiger partial charge in [0.05, 0.1) is 30.6 Å². The molecule has 0 bridgehead atoms. The Bertz CT molecular complexity index is 1010. The zero-order chi connectivity index (χ0) is 23.3. The summed E-state index contributed by atoms with van der Waals surface area (Å²) < 4.78 is 5.42. The van der Waals surface area contributed by atoms with E-state index in [0.717, 1.165) is 16.8 Å². The van der Waals surface area contributed by atoms with Crippen molar-refractivity contribution in [2.24, 2.45) is 16.1 Å². The molecule has 0 aliphatic carbocycles. The molecule has 0 saturated heterocycles. The van der Waals surface area contributed by atoms with Gasteiger partial charge in [0, 0.05) is 12.6 Å². The van der Waals surface area contributed by atoms with Crippen molar-refractivity contribution in [1.82, 2.24) is 0 Å². The van der Waals surface area contributed by atoms with E-state index in [1.807, 2.05) is 40.7 Å². The number of ether oxygens (including phenoxy) is 1. The summed E-state index contributed by atoms with van der Waals surface area (Å²) in [4.78, 5) is 25.1. The Labute approximate surface area is 183 Å². The highest BCUT2D eigenvalue weighted by Crippen LogP contribution is 2.35. The maximum absolute atomic E-state index is 13.1. The largest absolute Gasteiger partial charge is 0.494 e. The number of hydrogen-bond acceptors (Lipinski definition) is 5. The van der Waals surface area contributed by atoms with Crippen LogP contribution in [0, 0.1) is 6.92 Å². The van der Waals surface area contributed by atoms with Gasteiger partial charge in [0.2, 0.25) is 0 Å². The van der Waals surface area contributed by atoms with E-state index in [-0.39, 0.29) is 22.6 Å². The fourth-order valence-corrected chi connectivity index (χ4v) is 3.06. The highest BCUT2D eigenvalue weighted by Gasteiger charge is 2.23. The molecule has 8 heteroatoms. The van der Waals surface area contributed by atoms with Crippen molar-refractivity contribution in [2.75, 3.05) is 31.0 Å². The van der Waals surface area contributed by atoms with E-state index >= 15 is 0 Å². The monoisotopic (exact) mass is 425 g/mol. The molecule has 3 N–H and O–H groups in total. The number of methoxy groups -OCH3 is 1. The van der Waals surface area contributed by atoms with E-state index in [1.54, 1.807) is 36.3 Å².